The van der Waals surface area contributed by atoms with Gasteiger partial charge in [0.2, 0.25) is 0 Å². The number of aliphatic hydroxyl groups excluding tert-OH is 1. The van der Waals surface area contributed by atoms with Crippen LogP contribution in [0.25, 0.3) is 11.1 Å². The average Bonchev–Trinajstić information content (AvgIpc) is 3.93. The number of aliphatic hydroxyl groups is 1. The summed E-state index contributed by atoms with van der Waals surface area (Å²) >= 11 is 0. The van der Waals surface area contributed by atoms with Crippen LogP contribution in [-0.2, 0) is 28.6 Å². The standard InChI is InChI=1S/C40H46N4O3/c1-39(2,3)31-15-8-13-28(21-31)27-12-7-14-29(20-27)35(45)37(47)44-19-9-16-34-33(25-44)36(46)43-38(42-34)40(17-18-40)32-22-30(23-41-24-32)26-10-5-4-6-11-26/h7-8,12-15,20-24,26,35,45H,4-6,9-11,16-19,25H2,1-3H3,(H,42,43,46). The first-order valence-corrected chi connectivity index (χ1v) is 17.4. The van der Waals surface area contributed by atoms with Crippen molar-refractivity contribution in [2.45, 2.75) is 108 Å². The smallest absolute Gasteiger partial charge is 0.256 e. The van der Waals surface area contributed by atoms with Crippen molar-refractivity contribution >= 4 is 5.91 Å². The number of pyridine rings is 1. The van der Waals surface area contributed by atoms with Crippen molar-refractivity contribution in [1.82, 2.24) is 19.9 Å². The van der Waals surface area contributed by atoms with E-state index in [1.165, 1.54) is 43.2 Å². The van der Waals surface area contributed by atoms with E-state index in [0.717, 1.165) is 41.1 Å². The Labute approximate surface area is 277 Å². The van der Waals surface area contributed by atoms with Crippen molar-refractivity contribution in [3.8, 4) is 11.1 Å². The number of aryl methyl sites for hydroxylation is 1. The largest absolute Gasteiger partial charge is 0.378 e. The normalized spacial score (nSPS) is 18.7. The van der Waals surface area contributed by atoms with E-state index in [4.69, 9.17) is 4.98 Å². The Bertz CT molecular complexity index is 1840. The molecule has 1 unspecified atom stereocenters. The predicted molar refractivity (Wildman–Crippen MR) is 184 cm³/mol. The van der Waals surface area contributed by atoms with Crippen LogP contribution in [0.5, 0.6) is 0 Å². The molecule has 1 aliphatic heterocycles. The first kappa shape index (κ1) is 31.5. The van der Waals surface area contributed by atoms with Crippen LogP contribution >= 0.6 is 0 Å². The number of H-pyrrole nitrogens is 1. The van der Waals surface area contributed by atoms with Crippen molar-refractivity contribution in [3.63, 3.8) is 0 Å². The van der Waals surface area contributed by atoms with Gasteiger partial charge in [-0.05, 0) is 89.3 Å². The Morgan fingerprint density at radius 2 is 1.72 bits per heavy atom. The second-order valence-corrected chi connectivity index (χ2v) is 15.0. The monoisotopic (exact) mass is 630 g/mol. The number of fused-ring (bicyclic) bond motifs is 1. The molecule has 0 spiro atoms. The van der Waals surface area contributed by atoms with Crippen molar-refractivity contribution in [2.75, 3.05) is 6.54 Å². The molecule has 2 N–H and O–H groups in total. The summed E-state index contributed by atoms with van der Waals surface area (Å²) in [6.07, 6.45) is 12.1. The summed E-state index contributed by atoms with van der Waals surface area (Å²) in [4.78, 5) is 41.8. The minimum absolute atomic E-state index is 0.00961. The lowest BCUT2D eigenvalue weighted by molar-refractivity contribution is -0.141. The van der Waals surface area contributed by atoms with Gasteiger partial charge in [0.1, 0.15) is 5.82 Å². The number of benzene rings is 2. The number of carbonyl (C=O) groups excluding carboxylic acids is 1. The molecule has 7 nitrogen and oxygen atoms in total. The highest BCUT2D eigenvalue weighted by Gasteiger charge is 2.49. The van der Waals surface area contributed by atoms with Gasteiger partial charge in [-0.25, -0.2) is 4.98 Å². The zero-order valence-electron chi connectivity index (χ0n) is 27.9. The maximum Gasteiger partial charge on any atom is 0.256 e. The molecule has 3 aliphatic rings. The van der Waals surface area contributed by atoms with Gasteiger partial charge in [0.05, 0.1) is 23.2 Å². The Morgan fingerprint density at radius 3 is 2.47 bits per heavy atom. The maximum absolute atomic E-state index is 13.7. The molecule has 0 radical (unpaired) electrons. The number of nitrogens with zero attached hydrogens (tertiary/aromatic N) is 3. The van der Waals surface area contributed by atoms with E-state index in [9.17, 15) is 14.7 Å². The number of aromatic nitrogens is 3. The summed E-state index contributed by atoms with van der Waals surface area (Å²) in [6, 6.07) is 18.3. The molecule has 2 saturated carbocycles. The molecule has 2 aromatic carbocycles. The van der Waals surface area contributed by atoms with Crippen molar-refractivity contribution < 1.29 is 9.90 Å². The van der Waals surface area contributed by atoms with Crippen LogP contribution in [0, 0.1) is 0 Å². The molecule has 0 saturated heterocycles. The van der Waals surface area contributed by atoms with Crippen molar-refractivity contribution in [3.05, 3.63) is 117 Å². The van der Waals surface area contributed by atoms with Crippen LogP contribution in [0.15, 0.2) is 71.8 Å². The highest BCUT2D eigenvalue weighted by molar-refractivity contribution is 5.83. The van der Waals surface area contributed by atoms with Crippen LogP contribution in [0.3, 0.4) is 0 Å². The molecular weight excluding hydrogens is 584 g/mol. The van der Waals surface area contributed by atoms with Gasteiger partial charge in [0, 0.05) is 18.9 Å². The fourth-order valence-electron chi connectivity index (χ4n) is 7.57. The summed E-state index contributed by atoms with van der Waals surface area (Å²) in [5.41, 5.74) is 7.00. The van der Waals surface area contributed by atoms with Gasteiger partial charge < -0.3 is 15.0 Å². The van der Waals surface area contributed by atoms with Crippen LogP contribution < -0.4 is 5.56 Å². The van der Waals surface area contributed by atoms with E-state index in [1.54, 1.807) is 11.0 Å². The predicted octanol–water partition coefficient (Wildman–Crippen LogP) is 7.27. The fraction of sp³-hybridized carbons (Fsp3) is 0.450. The number of aromatic amines is 1. The van der Waals surface area contributed by atoms with Gasteiger partial charge in [0.25, 0.3) is 11.5 Å². The molecule has 1 amide bonds. The Kier molecular flexibility index (Phi) is 8.37. The second kappa shape index (κ2) is 12.5. The van der Waals surface area contributed by atoms with Gasteiger partial charge >= 0.3 is 0 Å². The lowest BCUT2D eigenvalue weighted by atomic mass is 9.83. The molecule has 0 bridgehead atoms. The molecule has 47 heavy (non-hydrogen) atoms. The lowest BCUT2D eigenvalue weighted by Gasteiger charge is -2.24. The highest BCUT2D eigenvalue weighted by atomic mass is 16.3. The molecule has 2 aliphatic carbocycles. The molecule has 7 heteroatoms. The molecular formula is C40H46N4O3. The minimum Gasteiger partial charge on any atom is -0.378 e. The number of carbonyl (C=O) groups is 1. The minimum atomic E-state index is -1.33. The third-order valence-corrected chi connectivity index (χ3v) is 10.7. The van der Waals surface area contributed by atoms with Crippen LogP contribution in [0.4, 0.5) is 0 Å². The average molecular weight is 631 g/mol. The second-order valence-electron chi connectivity index (χ2n) is 15.0. The van der Waals surface area contributed by atoms with E-state index >= 15 is 0 Å². The fourth-order valence-corrected chi connectivity index (χ4v) is 7.57. The Morgan fingerprint density at radius 1 is 0.979 bits per heavy atom. The molecule has 1 atom stereocenters. The first-order valence-electron chi connectivity index (χ1n) is 17.4. The topological polar surface area (TPSA) is 99.2 Å². The number of rotatable bonds is 6. The molecule has 2 aromatic heterocycles. The summed E-state index contributed by atoms with van der Waals surface area (Å²) in [5.74, 6) is 0.884. The summed E-state index contributed by atoms with van der Waals surface area (Å²) < 4.78 is 0. The zero-order valence-corrected chi connectivity index (χ0v) is 27.9. The van der Waals surface area contributed by atoms with E-state index in [-0.39, 0.29) is 22.9 Å². The van der Waals surface area contributed by atoms with Crippen LogP contribution in [-0.4, -0.2) is 37.4 Å². The Hall–Kier alpha value is -4.10. The van der Waals surface area contributed by atoms with E-state index in [2.05, 4.69) is 55.0 Å². The molecule has 7 rings (SSSR count). The van der Waals surface area contributed by atoms with Crippen LogP contribution in [0.2, 0.25) is 0 Å². The van der Waals surface area contributed by atoms with Gasteiger partial charge in [-0.2, -0.15) is 0 Å². The first-order chi connectivity index (χ1) is 22.6. The Balaban J connectivity index is 1.11. The van der Waals surface area contributed by atoms with Crippen LogP contribution in [0.1, 0.15) is 123 Å². The summed E-state index contributed by atoms with van der Waals surface area (Å²) in [7, 11) is 0. The van der Waals surface area contributed by atoms with Gasteiger partial charge in [-0.15, -0.1) is 0 Å². The highest BCUT2D eigenvalue weighted by Crippen LogP contribution is 2.52. The molecule has 2 fully saturated rings. The summed E-state index contributed by atoms with van der Waals surface area (Å²) in [5, 5.41) is 11.3. The SMILES string of the molecule is CC(C)(C)c1cccc(-c2cccc(C(O)C(=O)N3CCCc4nc(C5(c6cncc(C7CCCCC7)c6)CC5)[nH]c(=O)c4C3)c2)c1. The lowest BCUT2D eigenvalue weighted by Crippen LogP contribution is -2.36. The third kappa shape index (κ3) is 6.30. The summed E-state index contributed by atoms with van der Waals surface area (Å²) in [6.45, 7) is 7.14. The number of hydrogen-bond acceptors (Lipinski definition) is 5. The van der Waals surface area contributed by atoms with E-state index in [0.29, 0.717) is 36.4 Å². The zero-order chi connectivity index (χ0) is 32.8. The molecule has 244 valence electrons. The van der Waals surface area contributed by atoms with E-state index in [1.807, 2.05) is 36.7 Å². The molecule has 3 heterocycles. The van der Waals surface area contributed by atoms with Crippen molar-refractivity contribution in [2.24, 2.45) is 0 Å². The number of amides is 1. The van der Waals surface area contributed by atoms with Gasteiger partial charge in [-0.3, -0.25) is 14.6 Å². The molecule has 4 aromatic rings. The maximum atomic E-state index is 13.7. The van der Waals surface area contributed by atoms with Gasteiger partial charge in [0.15, 0.2) is 6.10 Å². The number of nitrogens with one attached hydrogen (secondary N) is 1. The third-order valence-electron chi connectivity index (χ3n) is 10.7. The van der Waals surface area contributed by atoms with Gasteiger partial charge in [-0.1, -0.05) is 88.6 Å². The van der Waals surface area contributed by atoms with Crippen molar-refractivity contribution in [1.29, 1.82) is 0 Å². The van der Waals surface area contributed by atoms with E-state index < -0.39 is 12.0 Å². The number of hydrogen-bond donors (Lipinski definition) is 2. The quantitative estimate of drug-likeness (QED) is 0.234.